The number of allylic oxidation sites excluding steroid dienone is 1. The predicted octanol–water partition coefficient (Wildman–Crippen LogP) is 2.38. The molecule has 1 aromatic rings. The molecular formula is C12H14ClN3. The minimum atomic E-state index is 0.562. The van der Waals surface area contributed by atoms with Crippen molar-refractivity contribution in [2.45, 2.75) is 13.3 Å². The number of hydrogen-bond donors (Lipinski definition) is 2. The molecule has 0 aromatic heterocycles. The second-order valence-corrected chi connectivity index (χ2v) is 4.03. The third-order valence-electron chi connectivity index (χ3n) is 2.59. The van der Waals surface area contributed by atoms with Crippen molar-refractivity contribution >= 4 is 23.0 Å². The van der Waals surface area contributed by atoms with Crippen molar-refractivity contribution in [2.24, 2.45) is 10.7 Å². The van der Waals surface area contributed by atoms with E-state index >= 15 is 0 Å². The van der Waals surface area contributed by atoms with Gasteiger partial charge in [-0.15, -0.1) is 0 Å². The van der Waals surface area contributed by atoms with Crippen LogP contribution in [0.5, 0.6) is 0 Å². The molecule has 0 aliphatic carbocycles. The topological polar surface area (TPSA) is 50.4 Å². The number of halogens is 1. The molecular weight excluding hydrogens is 222 g/mol. The van der Waals surface area contributed by atoms with Gasteiger partial charge in [0, 0.05) is 16.3 Å². The third-order valence-corrected chi connectivity index (χ3v) is 2.84. The first-order valence-corrected chi connectivity index (χ1v) is 5.63. The smallest absolute Gasteiger partial charge is 0.130 e. The zero-order chi connectivity index (χ0) is 11.5. The highest BCUT2D eigenvalue weighted by Gasteiger charge is 2.15. The van der Waals surface area contributed by atoms with E-state index in [0.717, 1.165) is 28.3 Å². The highest BCUT2D eigenvalue weighted by molar-refractivity contribution is 6.30. The van der Waals surface area contributed by atoms with E-state index in [1.54, 1.807) is 0 Å². The molecule has 1 aliphatic rings. The van der Waals surface area contributed by atoms with Crippen molar-refractivity contribution in [2.75, 3.05) is 6.67 Å². The van der Waals surface area contributed by atoms with Crippen molar-refractivity contribution in [3.05, 3.63) is 40.5 Å². The average Bonchev–Trinajstić information content (AvgIpc) is 2.30. The summed E-state index contributed by atoms with van der Waals surface area (Å²) in [6.07, 6.45) is 0.911. The van der Waals surface area contributed by atoms with E-state index in [1.165, 1.54) is 0 Å². The fourth-order valence-electron chi connectivity index (χ4n) is 1.78. The summed E-state index contributed by atoms with van der Waals surface area (Å²) in [5, 5.41) is 3.97. The lowest BCUT2D eigenvalue weighted by Crippen LogP contribution is -2.28. The lowest BCUT2D eigenvalue weighted by Gasteiger charge is -2.20. The maximum atomic E-state index is 5.93. The van der Waals surface area contributed by atoms with Gasteiger partial charge in [0.1, 0.15) is 12.5 Å². The number of nitrogens with zero attached hydrogens (tertiary/aromatic N) is 1. The SMILES string of the molecule is CCC1=C(c2ccc(Cl)cc2)C(N)=NCN1. The van der Waals surface area contributed by atoms with Gasteiger partial charge >= 0.3 is 0 Å². The van der Waals surface area contributed by atoms with E-state index in [-0.39, 0.29) is 0 Å². The summed E-state index contributed by atoms with van der Waals surface area (Å²) < 4.78 is 0. The average molecular weight is 236 g/mol. The molecule has 4 heteroatoms. The summed E-state index contributed by atoms with van der Waals surface area (Å²) in [6.45, 7) is 2.66. The molecule has 0 amide bonds. The van der Waals surface area contributed by atoms with Gasteiger partial charge in [-0.25, -0.2) is 4.99 Å². The van der Waals surface area contributed by atoms with Crippen LogP contribution in [0.3, 0.4) is 0 Å². The van der Waals surface area contributed by atoms with Crippen LogP contribution in [-0.2, 0) is 0 Å². The molecule has 0 fully saturated rings. The molecule has 84 valence electrons. The predicted molar refractivity (Wildman–Crippen MR) is 68.3 cm³/mol. The molecule has 2 rings (SSSR count). The van der Waals surface area contributed by atoms with E-state index in [2.05, 4.69) is 17.2 Å². The van der Waals surface area contributed by atoms with E-state index in [4.69, 9.17) is 17.3 Å². The van der Waals surface area contributed by atoms with Crippen LogP contribution in [-0.4, -0.2) is 12.5 Å². The van der Waals surface area contributed by atoms with Gasteiger partial charge in [-0.3, -0.25) is 0 Å². The number of amidine groups is 1. The molecule has 0 atom stereocenters. The highest BCUT2D eigenvalue weighted by atomic mass is 35.5. The van der Waals surface area contributed by atoms with Crippen molar-refractivity contribution in [3.63, 3.8) is 0 Å². The molecule has 3 nitrogen and oxygen atoms in total. The first-order valence-electron chi connectivity index (χ1n) is 5.25. The molecule has 0 saturated carbocycles. The quantitative estimate of drug-likeness (QED) is 0.827. The highest BCUT2D eigenvalue weighted by Crippen LogP contribution is 2.23. The largest absolute Gasteiger partial charge is 0.383 e. The van der Waals surface area contributed by atoms with Crippen LogP contribution in [0.1, 0.15) is 18.9 Å². The first-order chi connectivity index (χ1) is 7.72. The summed E-state index contributed by atoms with van der Waals surface area (Å²) in [7, 11) is 0. The van der Waals surface area contributed by atoms with E-state index in [1.807, 2.05) is 24.3 Å². The van der Waals surface area contributed by atoms with Gasteiger partial charge in [0.2, 0.25) is 0 Å². The molecule has 1 aromatic carbocycles. The summed E-state index contributed by atoms with van der Waals surface area (Å²) in [5.41, 5.74) is 9.11. The molecule has 16 heavy (non-hydrogen) atoms. The Bertz CT molecular complexity index is 446. The number of aliphatic imine (C=N–C) groups is 1. The lowest BCUT2D eigenvalue weighted by molar-refractivity contribution is 0.780. The maximum absolute atomic E-state index is 5.93. The summed E-state index contributed by atoms with van der Waals surface area (Å²) in [4.78, 5) is 4.20. The number of nitrogens with one attached hydrogen (secondary N) is 1. The minimum absolute atomic E-state index is 0.562. The van der Waals surface area contributed by atoms with Crippen LogP contribution < -0.4 is 11.1 Å². The summed E-state index contributed by atoms with van der Waals surface area (Å²) >= 11 is 5.86. The fraction of sp³-hybridized carbons (Fsp3) is 0.250. The van der Waals surface area contributed by atoms with Gasteiger partial charge in [0.25, 0.3) is 0 Å². The van der Waals surface area contributed by atoms with Crippen molar-refractivity contribution in [1.82, 2.24) is 5.32 Å². The first kappa shape index (κ1) is 11.0. The van der Waals surface area contributed by atoms with Crippen LogP contribution in [0, 0.1) is 0 Å². The lowest BCUT2D eigenvalue weighted by atomic mass is 10.0. The second-order valence-electron chi connectivity index (χ2n) is 3.59. The number of benzene rings is 1. The monoisotopic (exact) mass is 235 g/mol. The van der Waals surface area contributed by atoms with Gasteiger partial charge in [-0.2, -0.15) is 0 Å². The van der Waals surface area contributed by atoms with Gasteiger partial charge < -0.3 is 11.1 Å². The zero-order valence-corrected chi connectivity index (χ0v) is 9.88. The van der Waals surface area contributed by atoms with Crippen molar-refractivity contribution in [3.8, 4) is 0 Å². The summed E-state index contributed by atoms with van der Waals surface area (Å²) in [6, 6.07) is 7.64. The molecule has 1 heterocycles. The van der Waals surface area contributed by atoms with Crippen LogP contribution in [0.25, 0.3) is 5.57 Å². The van der Waals surface area contributed by atoms with E-state index in [9.17, 15) is 0 Å². The number of nitrogens with two attached hydrogens (primary N) is 1. The molecule has 0 radical (unpaired) electrons. The zero-order valence-electron chi connectivity index (χ0n) is 9.13. The Kier molecular flexibility index (Phi) is 3.15. The van der Waals surface area contributed by atoms with E-state index in [0.29, 0.717) is 12.5 Å². The van der Waals surface area contributed by atoms with Crippen LogP contribution in [0.2, 0.25) is 5.02 Å². The number of hydrogen-bond acceptors (Lipinski definition) is 3. The number of rotatable bonds is 2. The Morgan fingerprint density at radius 2 is 2.06 bits per heavy atom. The fourth-order valence-corrected chi connectivity index (χ4v) is 1.91. The van der Waals surface area contributed by atoms with Gasteiger partial charge in [-0.05, 0) is 24.1 Å². The van der Waals surface area contributed by atoms with Gasteiger partial charge in [-0.1, -0.05) is 30.7 Å². The Balaban J connectivity index is 2.47. The Morgan fingerprint density at radius 1 is 1.38 bits per heavy atom. The van der Waals surface area contributed by atoms with Crippen molar-refractivity contribution in [1.29, 1.82) is 0 Å². The Hall–Kier alpha value is -1.48. The maximum Gasteiger partial charge on any atom is 0.130 e. The standard InChI is InChI=1S/C12H14ClN3/c1-2-10-11(12(14)16-7-15-10)8-3-5-9(13)6-4-8/h3-6,15H,2,7H2,1H3,(H2,14,16). The molecule has 1 aliphatic heterocycles. The molecule has 0 saturated heterocycles. The summed E-state index contributed by atoms with van der Waals surface area (Å²) in [5.74, 6) is 0.595. The minimum Gasteiger partial charge on any atom is -0.383 e. The van der Waals surface area contributed by atoms with Crippen LogP contribution >= 0.6 is 11.6 Å². The molecule has 3 N–H and O–H groups in total. The Labute approximate surface area is 100 Å². The molecule has 0 unspecified atom stereocenters. The second kappa shape index (κ2) is 4.58. The Morgan fingerprint density at radius 3 is 2.69 bits per heavy atom. The third kappa shape index (κ3) is 2.04. The van der Waals surface area contributed by atoms with Crippen LogP contribution in [0.4, 0.5) is 0 Å². The van der Waals surface area contributed by atoms with Crippen LogP contribution in [0.15, 0.2) is 35.0 Å². The molecule has 0 spiro atoms. The molecule has 0 bridgehead atoms. The normalized spacial score (nSPS) is 15.8. The van der Waals surface area contributed by atoms with Gasteiger partial charge in [0.15, 0.2) is 0 Å². The van der Waals surface area contributed by atoms with Gasteiger partial charge in [0.05, 0.1) is 0 Å². The van der Waals surface area contributed by atoms with E-state index < -0.39 is 0 Å². The van der Waals surface area contributed by atoms with Crippen molar-refractivity contribution < 1.29 is 0 Å².